The van der Waals surface area contributed by atoms with Gasteiger partial charge in [-0.3, -0.25) is 0 Å². The number of ether oxygens (including phenoxy) is 1. The Labute approximate surface area is 108 Å². The molecule has 2 rings (SSSR count). The molecule has 0 radical (unpaired) electrons. The van der Waals surface area contributed by atoms with Gasteiger partial charge >= 0.3 is 0 Å². The molecule has 0 saturated carbocycles. The van der Waals surface area contributed by atoms with E-state index in [2.05, 4.69) is 21.6 Å². The molecule has 0 unspecified atom stereocenters. The minimum atomic E-state index is -0.158. The highest BCUT2D eigenvalue weighted by molar-refractivity contribution is 5.36. The first-order valence-electron chi connectivity index (χ1n) is 6.50. The van der Waals surface area contributed by atoms with Crippen LogP contribution in [0.1, 0.15) is 38.3 Å². The second-order valence-corrected chi connectivity index (χ2v) is 5.44. The van der Waals surface area contributed by atoms with Gasteiger partial charge in [0.2, 0.25) is 0 Å². The molecule has 2 heterocycles. The molecule has 1 aliphatic rings. The Bertz CT molecular complexity index is 371. The fourth-order valence-corrected chi connectivity index (χ4v) is 2.02. The fourth-order valence-electron chi connectivity index (χ4n) is 2.02. The molecule has 18 heavy (non-hydrogen) atoms. The van der Waals surface area contributed by atoms with Crippen molar-refractivity contribution in [2.24, 2.45) is 5.73 Å². The standard InChI is InChI=1S/C13H22N4O/c1-13(2,9-14)15-12-4-3-11(16-17-12)10-5-7-18-8-6-10/h3-4,10H,5-9,14H2,1-2H3,(H,15,17). The number of aromatic nitrogens is 2. The minimum absolute atomic E-state index is 0.158. The first kappa shape index (κ1) is 13.2. The zero-order chi connectivity index (χ0) is 13.0. The van der Waals surface area contributed by atoms with E-state index < -0.39 is 0 Å². The summed E-state index contributed by atoms with van der Waals surface area (Å²) in [6.07, 6.45) is 2.07. The quantitative estimate of drug-likeness (QED) is 0.847. The second kappa shape index (κ2) is 5.63. The molecular weight excluding hydrogens is 228 g/mol. The third-order valence-corrected chi connectivity index (χ3v) is 3.30. The van der Waals surface area contributed by atoms with Crippen LogP contribution < -0.4 is 11.1 Å². The maximum Gasteiger partial charge on any atom is 0.149 e. The van der Waals surface area contributed by atoms with E-state index in [1.165, 1.54) is 0 Å². The van der Waals surface area contributed by atoms with Gasteiger partial charge in [-0.25, -0.2) is 0 Å². The van der Waals surface area contributed by atoms with Crippen LogP contribution in [-0.4, -0.2) is 35.5 Å². The number of hydrogen-bond acceptors (Lipinski definition) is 5. The Balaban J connectivity index is 2.00. The van der Waals surface area contributed by atoms with Crippen molar-refractivity contribution < 1.29 is 4.74 Å². The third-order valence-electron chi connectivity index (χ3n) is 3.30. The number of hydrogen-bond donors (Lipinski definition) is 2. The molecule has 5 heteroatoms. The number of anilines is 1. The summed E-state index contributed by atoms with van der Waals surface area (Å²) in [4.78, 5) is 0. The van der Waals surface area contributed by atoms with E-state index in [1.807, 2.05) is 19.9 Å². The van der Waals surface area contributed by atoms with Crippen molar-refractivity contribution >= 4 is 5.82 Å². The fraction of sp³-hybridized carbons (Fsp3) is 0.692. The summed E-state index contributed by atoms with van der Waals surface area (Å²) in [6, 6.07) is 4.03. The van der Waals surface area contributed by atoms with E-state index in [-0.39, 0.29) is 5.54 Å². The lowest BCUT2D eigenvalue weighted by atomic mass is 9.96. The summed E-state index contributed by atoms with van der Waals surface area (Å²) in [5, 5.41) is 11.8. The highest BCUT2D eigenvalue weighted by atomic mass is 16.5. The average Bonchev–Trinajstić information content (AvgIpc) is 2.40. The van der Waals surface area contributed by atoms with E-state index in [0.29, 0.717) is 12.5 Å². The largest absolute Gasteiger partial charge is 0.381 e. The maximum absolute atomic E-state index is 5.68. The molecule has 1 aromatic rings. The molecule has 0 spiro atoms. The Kier molecular flexibility index (Phi) is 4.14. The van der Waals surface area contributed by atoms with Crippen molar-refractivity contribution in [3.63, 3.8) is 0 Å². The minimum Gasteiger partial charge on any atom is -0.381 e. The average molecular weight is 250 g/mol. The van der Waals surface area contributed by atoms with Gasteiger partial charge in [-0.2, -0.15) is 5.10 Å². The first-order valence-corrected chi connectivity index (χ1v) is 6.50. The van der Waals surface area contributed by atoms with E-state index >= 15 is 0 Å². The van der Waals surface area contributed by atoms with Crippen LogP contribution in [0.4, 0.5) is 5.82 Å². The van der Waals surface area contributed by atoms with Crippen LogP contribution in [0.15, 0.2) is 12.1 Å². The van der Waals surface area contributed by atoms with Crippen LogP contribution >= 0.6 is 0 Å². The van der Waals surface area contributed by atoms with Crippen molar-refractivity contribution in [3.8, 4) is 0 Å². The molecule has 0 aromatic carbocycles. The van der Waals surface area contributed by atoms with Gasteiger partial charge in [-0.05, 0) is 38.8 Å². The predicted molar refractivity (Wildman–Crippen MR) is 71.6 cm³/mol. The van der Waals surface area contributed by atoms with Gasteiger partial charge < -0.3 is 15.8 Å². The Morgan fingerprint density at radius 1 is 1.33 bits per heavy atom. The molecule has 1 aliphatic heterocycles. The monoisotopic (exact) mass is 250 g/mol. The maximum atomic E-state index is 5.68. The molecular formula is C13H22N4O. The van der Waals surface area contributed by atoms with Crippen LogP contribution in [-0.2, 0) is 4.74 Å². The second-order valence-electron chi connectivity index (χ2n) is 5.44. The molecule has 0 aliphatic carbocycles. The zero-order valence-electron chi connectivity index (χ0n) is 11.1. The summed E-state index contributed by atoms with van der Waals surface area (Å²) in [6.45, 7) is 6.29. The van der Waals surface area contributed by atoms with Crippen molar-refractivity contribution in [2.45, 2.75) is 38.1 Å². The van der Waals surface area contributed by atoms with Crippen molar-refractivity contribution in [3.05, 3.63) is 17.8 Å². The van der Waals surface area contributed by atoms with Gasteiger partial charge in [0.25, 0.3) is 0 Å². The lowest BCUT2D eigenvalue weighted by molar-refractivity contribution is 0.0843. The van der Waals surface area contributed by atoms with Crippen LogP contribution in [0.3, 0.4) is 0 Å². The molecule has 1 saturated heterocycles. The zero-order valence-corrected chi connectivity index (χ0v) is 11.1. The molecule has 0 bridgehead atoms. The van der Waals surface area contributed by atoms with Crippen LogP contribution in [0.5, 0.6) is 0 Å². The van der Waals surface area contributed by atoms with E-state index in [9.17, 15) is 0 Å². The summed E-state index contributed by atoms with van der Waals surface area (Å²) in [5.74, 6) is 1.27. The summed E-state index contributed by atoms with van der Waals surface area (Å²) in [7, 11) is 0. The normalized spacial score (nSPS) is 17.7. The van der Waals surface area contributed by atoms with Crippen molar-refractivity contribution in [2.75, 3.05) is 25.1 Å². The van der Waals surface area contributed by atoms with Gasteiger partial charge in [-0.15, -0.1) is 5.10 Å². The highest BCUT2D eigenvalue weighted by Crippen LogP contribution is 2.25. The molecule has 3 N–H and O–H groups in total. The lowest BCUT2D eigenvalue weighted by Gasteiger charge is -2.25. The molecule has 0 amide bonds. The SMILES string of the molecule is CC(C)(CN)Nc1ccc(C2CCOCC2)nn1. The highest BCUT2D eigenvalue weighted by Gasteiger charge is 2.19. The van der Waals surface area contributed by atoms with Gasteiger partial charge in [0.1, 0.15) is 5.82 Å². The van der Waals surface area contributed by atoms with Gasteiger partial charge in [0, 0.05) is 31.2 Å². The Morgan fingerprint density at radius 2 is 2.06 bits per heavy atom. The van der Waals surface area contributed by atoms with E-state index in [4.69, 9.17) is 10.5 Å². The molecule has 5 nitrogen and oxygen atoms in total. The third kappa shape index (κ3) is 3.40. The number of nitrogens with one attached hydrogen (secondary N) is 1. The van der Waals surface area contributed by atoms with Gasteiger partial charge in [0.15, 0.2) is 0 Å². The van der Waals surface area contributed by atoms with Crippen molar-refractivity contribution in [1.82, 2.24) is 10.2 Å². The van der Waals surface area contributed by atoms with Crippen molar-refractivity contribution in [1.29, 1.82) is 0 Å². The summed E-state index contributed by atoms with van der Waals surface area (Å²) >= 11 is 0. The van der Waals surface area contributed by atoms with Gasteiger partial charge in [0.05, 0.1) is 5.69 Å². The summed E-state index contributed by atoms with van der Waals surface area (Å²) in [5.41, 5.74) is 6.58. The topological polar surface area (TPSA) is 73.1 Å². The number of nitrogens with zero attached hydrogens (tertiary/aromatic N) is 2. The van der Waals surface area contributed by atoms with Gasteiger partial charge in [-0.1, -0.05) is 0 Å². The molecule has 0 atom stereocenters. The number of nitrogens with two attached hydrogens (primary N) is 1. The van der Waals surface area contributed by atoms with Crippen LogP contribution in [0.2, 0.25) is 0 Å². The molecule has 1 fully saturated rings. The van der Waals surface area contributed by atoms with Crippen LogP contribution in [0.25, 0.3) is 0 Å². The first-order chi connectivity index (χ1) is 8.61. The smallest absolute Gasteiger partial charge is 0.149 e. The molecule has 100 valence electrons. The predicted octanol–water partition coefficient (Wildman–Crippen LogP) is 1.52. The van der Waals surface area contributed by atoms with Crippen LogP contribution in [0, 0.1) is 0 Å². The molecule has 1 aromatic heterocycles. The Morgan fingerprint density at radius 3 is 2.61 bits per heavy atom. The van der Waals surface area contributed by atoms with E-state index in [1.54, 1.807) is 0 Å². The Hall–Kier alpha value is -1.20. The van der Waals surface area contributed by atoms with E-state index in [0.717, 1.165) is 37.6 Å². The lowest BCUT2D eigenvalue weighted by Crippen LogP contribution is -2.39. The number of rotatable bonds is 4. The summed E-state index contributed by atoms with van der Waals surface area (Å²) < 4.78 is 5.35.